The second-order valence-electron chi connectivity index (χ2n) is 21.8. The van der Waals surface area contributed by atoms with Crippen LogP contribution in [0.25, 0.3) is 32.9 Å². The molecule has 11 nitrogen and oxygen atoms in total. The lowest BCUT2D eigenvalue weighted by Gasteiger charge is -2.36. The van der Waals surface area contributed by atoms with Gasteiger partial charge in [0.15, 0.2) is 5.75 Å². The van der Waals surface area contributed by atoms with Gasteiger partial charge in [-0.15, -0.1) is 0 Å². The van der Waals surface area contributed by atoms with Gasteiger partial charge in [-0.1, -0.05) is 121 Å². The first-order valence-corrected chi connectivity index (χ1v) is 26.5. The van der Waals surface area contributed by atoms with Crippen molar-refractivity contribution in [1.29, 1.82) is 0 Å². The number of benzene rings is 6. The number of nitrogens with zero attached hydrogens (tertiary/aromatic N) is 7. The summed E-state index contributed by atoms with van der Waals surface area (Å²) in [5.41, 5.74) is 6.70. The second kappa shape index (κ2) is 19.2. The first-order valence-electron chi connectivity index (χ1n) is 26.5. The molecule has 1 saturated carbocycles. The summed E-state index contributed by atoms with van der Waals surface area (Å²) in [7, 11) is 0. The monoisotopic (exact) mass is 990 g/mol. The van der Waals surface area contributed by atoms with E-state index in [-0.39, 0.29) is 48.6 Å². The lowest BCUT2D eigenvalue weighted by atomic mass is 9.77. The van der Waals surface area contributed by atoms with Gasteiger partial charge >= 0.3 is 12.1 Å². The fraction of sp³-hybridized carbons (Fsp3) is 0.355. The third-order valence-corrected chi connectivity index (χ3v) is 15.7. The van der Waals surface area contributed by atoms with E-state index in [0.717, 1.165) is 87.9 Å². The highest BCUT2D eigenvalue weighted by Gasteiger charge is 2.48. The maximum absolute atomic E-state index is 17.2. The van der Waals surface area contributed by atoms with Gasteiger partial charge in [0, 0.05) is 53.3 Å². The van der Waals surface area contributed by atoms with Crippen LogP contribution in [0.2, 0.25) is 0 Å². The molecule has 2 aromatic heterocycles. The largest absolute Gasteiger partial charge is 0.486 e. The molecular weight excluding hydrogens is 926 g/mol. The summed E-state index contributed by atoms with van der Waals surface area (Å²) >= 11 is 0. The minimum absolute atomic E-state index is 0.00484. The Bertz CT molecular complexity index is 3240. The predicted molar refractivity (Wildman–Crippen MR) is 289 cm³/mol. The van der Waals surface area contributed by atoms with Crippen molar-refractivity contribution in [3.63, 3.8) is 0 Å². The molecule has 3 aliphatic heterocycles. The van der Waals surface area contributed by atoms with Crippen LogP contribution in [0.15, 0.2) is 140 Å². The first kappa shape index (κ1) is 47.7. The van der Waals surface area contributed by atoms with E-state index < -0.39 is 11.1 Å². The molecule has 3 saturated heterocycles. The number of hydrogen-bond donors (Lipinski definition) is 0. The summed E-state index contributed by atoms with van der Waals surface area (Å²) in [5, 5.41) is 7.07. The maximum atomic E-state index is 17.2. The van der Waals surface area contributed by atoms with Crippen LogP contribution < -0.4 is 14.4 Å². The number of ether oxygens (including phenoxy) is 3. The van der Waals surface area contributed by atoms with Crippen molar-refractivity contribution in [3.05, 3.63) is 179 Å². The first-order chi connectivity index (χ1) is 35.9. The maximum Gasteiger partial charge on any atom is 0.410 e. The molecule has 6 aromatic carbocycles. The molecule has 5 heterocycles. The van der Waals surface area contributed by atoms with Crippen molar-refractivity contribution in [2.24, 2.45) is 0 Å². The Morgan fingerprint density at radius 1 is 0.757 bits per heavy atom. The Balaban J connectivity index is 1.09. The summed E-state index contributed by atoms with van der Waals surface area (Å²) in [6.07, 6.45) is 6.90. The Hall–Kier alpha value is -7.31. The van der Waals surface area contributed by atoms with E-state index in [2.05, 4.69) is 114 Å². The van der Waals surface area contributed by atoms with Crippen LogP contribution in [0.1, 0.15) is 99.1 Å². The van der Waals surface area contributed by atoms with E-state index in [1.807, 2.05) is 73.7 Å². The molecule has 1 amide bonds. The molecule has 12 rings (SSSR count). The van der Waals surface area contributed by atoms with Gasteiger partial charge < -0.3 is 24.0 Å². The fourth-order valence-electron chi connectivity index (χ4n) is 12.0. The van der Waals surface area contributed by atoms with Crippen LogP contribution in [0.5, 0.6) is 11.8 Å². The summed E-state index contributed by atoms with van der Waals surface area (Å²) in [6, 6.07) is 45.7. The number of anilines is 1. The van der Waals surface area contributed by atoms with Crippen LogP contribution in [-0.2, 0) is 16.9 Å². The molecule has 1 aliphatic carbocycles. The van der Waals surface area contributed by atoms with Gasteiger partial charge in [0.2, 0.25) is 0 Å². The third-order valence-electron chi connectivity index (χ3n) is 15.7. The summed E-state index contributed by atoms with van der Waals surface area (Å²) < 4.78 is 39.2. The third kappa shape index (κ3) is 8.70. The Morgan fingerprint density at radius 3 is 1.96 bits per heavy atom. The highest BCUT2D eigenvalue weighted by Crippen LogP contribution is 2.54. The average molecular weight is 990 g/mol. The van der Waals surface area contributed by atoms with Crippen molar-refractivity contribution >= 4 is 33.7 Å². The number of aromatic nitrogens is 4. The van der Waals surface area contributed by atoms with Gasteiger partial charge in [0.05, 0.1) is 17.6 Å². The van der Waals surface area contributed by atoms with Crippen LogP contribution in [0.3, 0.4) is 0 Å². The standard InChI is InChI=1S/C62H64FN7O4/c1-40(67-30-18-19-31-67)38-73-59-64-56-50(58(65-59)68-35-48-32-47(68)36-69(48)60(71)74-61(3,4)5)33-49(43-28-29-43)55(57(56)72-39-42-20-10-6-11-21-42)54-41(2)52(63)34-53-51(54)37-70(66-53)62(44-22-12-7-13-23-44,45-24-14-8-15-25-45)46-26-16-9-17-27-46/h6-17,20-27,33-34,37,40,43,47-48H,18-19,28-32,35-36,38-39H2,1-5H3/t40-,47-,48-/m0/s1. The number of amides is 1. The number of carbonyl (C=O) groups excluding carboxylic acids is 1. The van der Waals surface area contributed by atoms with Gasteiger partial charge in [-0.05, 0) is 125 Å². The molecule has 0 unspecified atom stereocenters. The van der Waals surface area contributed by atoms with E-state index in [1.54, 1.807) is 6.07 Å². The zero-order valence-corrected chi connectivity index (χ0v) is 43.0. The van der Waals surface area contributed by atoms with E-state index in [4.69, 9.17) is 29.3 Å². The summed E-state index contributed by atoms with van der Waals surface area (Å²) in [6.45, 7) is 13.6. The molecule has 3 atom stereocenters. The smallest absolute Gasteiger partial charge is 0.410 e. The van der Waals surface area contributed by atoms with E-state index in [9.17, 15) is 4.79 Å². The molecule has 0 radical (unpaired) electrons. The van der Waals surface area contributed by atoms with Gasteiger partial charge in [0.1, 0.15) is 41.5 Å². The number of carbonyl (C=O) groups is 1. The SMILES string of the molecule is Cc1c(F)cc2nn(C(c3ccccc3)(c3ccccc3)c3ccccc3)cc2c1-c1c(C2CC2)cc2c(N3C[C@@H]4C[C@H]3CN4C(=O)OC(C)(C)C)nc(OC[C@H](C)N3CCCC3)nc2c1OCc1ccccc1. The van der Waals surface area contributed by atoms with E-state index in [0.29, 0.717) is 42.0 Å². The lowest BCUT2D eigenvalue weighted by molar-refractivity contribution is 0.0214. The van der Waals surface area contributed by atoms with Gasteiger partial charge in [-0.25, -0.2) is 9.18 Å². The zero-order chi connectivity index (χ0) is 50.7. The van der Waals surface area contributed by atoms with Crippen molar-refractivity contribution < 1.29 is 23.4 Å². The Labute approximate surface area is 432 Å². The molecule has 378 valence electrons. The average Bonchev–Trinajstić information content (AvgIpc) is 3.75. The molecule has 12 heteroatoms. The summed E-state index contributed by atoms with van der Waals surface area (Å²) in [4.78, 5) is 30.9. The number of fused-ring (bicyclic) bond motifs is 4. The van der Waals surface area contributed by atoms with Crippen molar-refractivity contribution in [2.75, 3.05) is 37.7 Å². The van der Waals surface area contributed by atoms with Crippen LogP contribution in [-0.4, -0.2) is 92.2 Å². The van der Waals surface area contributed by atoms with Crippen molar-refractivity contribution in [2.45, 2.75) is 109 Å². The Morgan fingerprint density at radius 2 is 1.38 bits per heavy atom. The quantitative estimate of drug-likeness (QED) is 0.0987. The highest BCUT2D eigenvalue weighted by molar-refractivity contribution is 6.06. The van der Waals surface area contributed by atoms with Crippen molar-refractivity contribution in [1.82, 2.24) is 29.5 Å². The number of halogens is 1. The molecule has 8 aromatic rings. The lowest BCUT2D eigenvalue weighted by Crippen LogP contribution is -2.50. The fourth-order valence-corrected chi connectivity index (χ4v) is 12.0. The van der Waals surface area contributed by atoms with E-state index >= 15 is 4.39 Å². The molecule has 0 spiro atoms. The van der Waals surface area contributed by atoms with Gasteiger partial charge in [0.25, 0.3) is 0 Å². The molecule has 0 N–H and O–H groups in total. The number of likely N-dealkylation sites (tertiary alicyclic amines) is 2. The van der Waals surface area contributed by atoms with Crippen LogP contribution >= 0.6 is 0 Å². The number of piperazine rings is 1. The number of hydrogen-bond acceptors (Lipinski definition) is 9. The van der Waals surface area contributed by atoms with Crippen molar-refractivity contribution in [3.8, 4) is 22.9 Å². The van der Waals surface area contributed by atoms with Crippen LogP contribution in [0, 0.1) is 12.7 Å². The second-order valence-corrected chi connectivity index (χ2v) is 21.8. The summed E-state index contributed by atoms with van der Waals surface area (Å²) in [5.74, 6) is 1.13. The van der Waals surface area contributed by atoms with Gasteiger partial charge in [-0.2, -0.15) is 15.1 Å². The molecule has 74 heavy (non-hydrogen) atoms. The van der Waals surface area contributed by atoms with E-state index in [1.165, 1.54) is 12.8 Å². The molecular formula is C62H64FN7O4. The molecule has 4 aliphatic rings. The topological polar surface area (TPSA) is 98.1 Å². The zero-order valence-electron chi connectivity index (χ0n) is 43.0. The van der Waals surface area contributed by atoms with Crippen LogP contribution in [0.4, 0.5) is 15.0 Å². The number of rotatable bonds is 14. The normalized spacial score (nSPS) is 18.4. The minimum atomic E-state index is -0.936. The molecule has 4 fully saturated rings. The highest BCUT2D eigenvalue weighted by atomic mass is 19.1. The molecule has 2 bridgehead atoms. The van der Waals surface area contributed by atoms with Gasteiger partial charge in [-0.3, -0.25) is 9.58 Å². The predicted octanol–water partition coefficient (Wildman–Crippen LogP) is 12.5. The minimum Gasteiger partial charge on any atom is -0.486 e. The Kier molecular flexibility index (Phi) is 12.4.